The maximum absolute atomic E-state index is 14.8. The van der Waals surface area contributed by atoms with Crippen LogP contribution in [0.25, 0.3) is 22.2 Å². The molecule has 4 aromatic rings. The third-order valence-electron chi connectivity index (χ3n) is 11.0. The van der Waals surface area contributed by atoms with Gasteiger partial charge in [-0.05, 0) is 84.3 Å². The largest absolute Gasteiger partial charge is 0.497 e. The molecule has 2 aliphatic heterocycles. The Labute approximate surface area is 262 Å². The summed E-state index contributed by atoms with van der Waals surface area (Å²) in [6, 6.07) is 18.7. The molecule has 3 heterocycles. The first-order valence-electron chi connectivity index (χ1n) is 16.3. The number of ether oxygens (including phenoxy) is 1. The van der Waals surface area contributed by atoms with Gasteiger partial charge < -0.3 is 25.3 Å². The maximum atomic E-state index is 14.8. The fourth-order valence-electron chi connectivity index (χ4n) is 8.60. The molecule has 0 radical (unpaired) electrons. The second-order valence-corrected chi connectivity index (χ2v) is 13.5. The van der Waals surface area contributed by atoms with E-state index < -0.39 is 11.3 Å². The van der Waals surface area contributed by atoms with Crippen LogP contribution in [0, 0.1) is 11.2 Å². The fraction of sp³-hybridized carbons (Fsp3) is 0.405. The number of carbonyl (C=O) groups excluding carboxylic acids is 2. The van der Waals surface area contributed by atoms with Crippen molar-refractivity contribution in [3.05, 3.63) is 88.7 Å². The minimum atomic E-state index is -0.616. The Morgan fingerprint density at radius 2 is 1.82 bits per heavy atom. The van der Waals surface area contributed by atoms with E-state index in [0.717, 1.165) is 47.0 Å². The topological polar surface area (TPSA) is 89.6 Å². The monoisotopic (exact) mass is 606 g/mol. The van der Waals surface area contributed by atoms with Gasteiger partial charge in [-0.2, -0.15) is 0 Å². The maximum Gasteiger partial charge on any atom is 0.248 e. The summed E-state index contributed by atoms with van der Waals surface area (Å²) >= 11 is 0. The fourth-order valence-corrected chi connectivity index (χ4v) is 8.60. The van der Waals surface area contributed by atoms with Crippen molar-refractivity contribution < 1.29 is 18.7 Å². The highest BCUT2D eigenvalue weighted by Crippen LogP contribution is 2.66. The number of rotatable bonds is 5. The van der Waals surface area contributed by atoms with Crippen molar-refractivity contribution >= 4 is 22.7 Å². The van der Waals surface area contributed by atoms with E-state index >= 15 is 0 Å². The number of methoxy groups -OCH3 is 1. The highest BCUT2D eigenvalue weighted by Gasteiger charge is 2.64. The van der Waals surface area contributed by atoms with Gasteiger partial charge in [0, 0.05) is 60.2 Å². The SMILES string of the molecule is COc1ccc2c(c1)C1CC1(C(=O)N1CCNC(c3ccc(F)cc3)C1)Cn1c-2c(C2CCCCC2)c2ccc(C(N)=O)cc21. The lowest BCUT2D eigenvalue weighted by atomic mass is 9.81. The van der Waals surface area contributed by atoms with Crippen LogP contribution < -0.4 is 15.8 Å². The molecule has 2 amide bonds. The van der Waals surface area contributed by atoms with Gasteiger partial charge in [-0.1, -0.05) is 37.5 Å². The molecule has 3 N–H and O–H groups in total. The van der Waals surface area contributed by atoms with E-state index in [-0.39, 0.29) is 23.7 Å². The molecular formula is C37H39FN4O3. The third kappa shape index (κ3) is 4.56. The molecule has 0 spiro atoms. The van der Waals surface area contributed by atoms with E-state index in [1.54, 1.807) is 19.2 Å². The lowest BCUT2D eigenvalue weighted by Gasteiger charge is -2.36. The number of benzene rings is 3. The van der Waals surface area contributed by atoms with Crippen LogP contribution in [-0.2, 0) is 11.3 Å². The molecule has 1 saturated heterocycles. The second-order valence-electron chi connectivity index (χ2n) is 13.5. The van der Waals surface area contributed by atoms with E-state index in [4.69, 9.17) is 10.5 Å². The summed E-state index contributed by atoms with van der Waals surface area (Å²) in [5.74, 6) is 0.709. The summed E-state index contributed by atoms with van der Waals surface area (Å²) in [5.41, 5.74) is 12.5. The number of nitrogens with zero attached hydrogens (tertiary/aromatic N) is 2. The van der Waals surface area contributed by atoms with Gasteiger partial charge in [0.15, 0.2) is 0 Å². The molecule has 3 aromatic carbocycles. The minimum absolute atomic E-state index is 0.0581. The van der Waals surface area contributed by atoms with E-state index in [1.165, 1.54) is 48.2 Å². The molecule has 8 heteroatoms. The predicted molar refractivity (Wildman–Crippen MR) is 172 cm³/mol. The molecule has 3 atom stereocenters. The molecule has 232 valence electrons. The van der Waals surface area contributed by atoms with Crippen molar-refractivity contribution in [2.75, 3.05) is 26.7 Å². The van der Waals surface area contributed by atoms with Gasteiger partial charge in [-0.25, -0.2) is 4.39 Å². The minimum Gasteiger partial charge on any atom is -0.497 e. The molecule has 3 fully saturated rings. The summed E-state index contributed by atoms with van der Waals surface area (Å²) in [7, 11) is 1.69. The first-order chi connectivity index (χ1) is 21.9. The Morgan fingerprint density at radius 1 is 1.02 bits per heavy atom. The number of primary amides is 1. The van der Waals surface area contributed by atoms with Crippen molar-refractivity contribution in [2.24, 2.45) is 11.1 Å². The molecule has 7 nitrogen and oxygen atoms in total. The van der Waals surface area contributed by atoms with Gasteiger partial charge in [-0.3, -0.25) is 9.59 Å². The highest BCUT2D eigenvalue weighted by molar-refractivity contribution is 6.01. The summed E-state index contributed by atoms with van der Waals surface area (Å²) in [6.45, 7) is 2.36. The second kappa shape index (κ2) is 10.7. The number of fused-ring (bicyclic) bond motifs is 7. The quantitative estimate of drug-likeness (QED) is 0.281. The molecule has 2 aliphatic carbocycles. The van der Waals surface area contributed by atoms with Crippen LogP contribution in [0.3, 0.4) is 0 Å². The normalized spacial score (nSPS) is 24.4. The Balaban J connectivity index is 1.27. The molecular weight excluding hydrogens is 567 g/mol. The predicted octanol–water partition coefficient (Wildman–Crippen LogP) is 6.26. The zero-order chi connectivity index (χ0) is 30.9. The van der Waals surface area contributed by atoms with Crippen molar-refractivity contribution in [1.82, 2.24) is 14.8 Å². The van der Waals surface area contributed by atoms with Gasteiger partial charge >= 0.3 is 0 Å². The molecule has 4 aliphatic rings. The number of aromatic nitrogens is 1. The zero-order valence-electron chi connectivity index (χ0n) is 25.7. The molecule has 2 saturated carbocycles. The van der Waals surface area contributed by atoms with Crippen LogP contribution in [0.4, 0.5) is 4.39 Å². The van der Waals surface area contributed by atoms with Crippen LogP contribution in [-0.4, -0.2) is 48.0 Å². The van der Waals surface area contributed by atoms with Crippen LogP contribution in [0.15, 0.2) is 60.7 Å². The van der Waals surface area contributed by atoms with E-state index in [1.807, 2.05) is 23.1 Å². The number of carbonyl (C=O) groups is 2. The van der Waals surface area contributed by atoms with E-state index in [2.05, 4.69) is 28.1 Å². The Hall–Kier alpha value is -4.17. The summed E-state index contributed by atoms with van der Waals surface area (Å²) in [6.07, 6.45) is 6.68. The number of halogens is 1. The summed E-state index contributed by atoms with van der Waals surface area (Å²) < 4.78 is 21.7. The lowest BCUT2D eigenvalue weighted by molar-refractivity contribution is -0.139. The average molecular weight is 607 g/mol. The van der Waals surface area contributed by atoms with E-state index in [0.29, 0.717) is 37.7 Å². The van der Waals surface area contributed by atoms with Crippen molar-refractivity contribution in [2.45, 2.75) is 62.9 Å². The summed E-state index contributed by atoms with van der Waals surface area (Å²) in [4.78, 5) is 29.2. The van der Waals surface area contributed by atoms with Gasteiger partial charge in [0.05, 0.1) is 18.2 Å². The lowest BCUT2D eigenvalue weighted by Crippen LogP contribution is -2.51. The highest BCUT2D eigenvalue weighted by atomic mass is 19.1. The standard InChI is InChI=1S/C37H39FN4O3/c1-45-26-12-14-27-29(18-26)30-19-37(30,36(44)41-16-15-40-31(20-41)22-7-10-25(38)11-8-22)21-42-32-17-24(35(39)43)9-13-28(32)33(34(27)42)23-5-3-2-4-6-23/h7-14,17-18,23,30-31,40H,2-6,15-16,19-21H2,1H3,(H2,39,43). The number of piperazine rings is 1. The first kappa shape index (κ1) is 28.3. The number of hydrogen-bond donors (Lipinski definition) is 2. The first-order valence-corrected chi connectivity index (χ1v) is 16.3. The summed E-state index contributed by atoms with van der Waals surface area (Å²) in [5, 5.41) is 4.68. The Morgan fingerprint density at radius 3 is 2.58 bits per heavy atom. The average Bonchev–Trinajstić information content (AvgIpc) is 3.74. The van der Waals surface area contributed by atoms with Crippen molar-refractivity contribution in [1.29, 1.82) is 0 Å². The zero-order valence-corrected chi connectivity index (χ0v) is 25.7. The number of nitrogens with one attached hydrogen (secondary N) is 1. The van der Waals surface area contributed by atoms with Crippen LogP contribution in [0.2, 0.25) is 0 Å². The van der Waals surface area contributed by atoms with Gasteiger partial charge in [0.25, 0.3) is 0 Å². The molecule has 0 bridgehead atoms. The molecule has 8 rings (SSSR count). The number of amides is 2. The Bertz CT molecular complexity index is 1830. The van der Waals surface area contributed by atoms with Crippen molar-refractivity contribution in [3.8, 4) is 17.0 Å². The number of nitrogens with two attached hydrogens (primary N) is 1. The third-order valence-corrected chi connectivity index (χ3v) is 11.0. The van der Waals surface area contributed by atoms with Gasteiger partial charge in [0.1, 0.15) is 11.6 Å². The molecule has 45 heavy (non-hydrogen) atoms. The molecule has 1 aromatic heterocycles. The Kier molecular flexibility index (Phi) is 6.75. The van der Waals surface area contributed by atoms with Gasteiger partial charge in [0.2, 0.25) is 11.8 Å². The van der Waals surface area contributed by atoms with E-state index in [9.17, 15) is 14.0 Å². The number of hydrogen-bond acceptors (Lipinski definition) is 4. The van der Waals surface area contributed by atoms with Crippen molar-refractivity contribution in [3.63, 3.8) is 0 Å². The van der Waals surface area contributed by atoms with Crippen LogP contribution >= 0.6 is 0 Å². The molecule has 3 unspecified atom stereocenters. The smallest absolute Gasteiger partial charge is 0.248 e. The van der Waals surface area contributed by atoms with Gasteiger partial charge in [-0.15, -0.1) is 0 Å². The van der Waals surface area contributed by atoms with Crippen LogP contribution in [0.5, 0.6) is 5.75 Å². The van der Waals surface area contributed by atoms with Crippen LogP contribution in [0.1, 0.15) is 83.5 Å².